The highest BCUT2D eigenvalue weighted by atomic mass is 127. The molecule has 0 fully saturated rings. The van der Waals surface area contributed by atoms with E-state index in [1.54, 1.807) is 12.1 Å². The average molecular weight is 437 g/mol. The van der Waals surface area contributed by atoms with Gasteiger partial charge in [0.2, 0.25) is 0 Å². The summed E-state index contributed by atoms with van der Waals surface area (Å²) in [5.41, 5.74) is 3.25. The van der Waals surface area contributed by atoms with Gasteiger partial charge in [-0.2, -0.15) is 5.10 Å². The van der Waals surface area contributed by atoms with Crippen LogP contribution in [0, 0.1) is 9.39 Å². The Hall–Kier alpha value is -0.430. The number of aromatic nitrogens is 2. The molecule has 2 aromatic rings. The fraction of sp³-hybridized carbons (Fsp3) is 0.357. The Morgan fingerprint density at radius 3 is 2.68 bits per heavy atom. The second-order valence-corrected chi connectivity index (χ2v) is 6.24. The second kappa shape index (κ2) is 6.35. The van der Waals surface area contributed by atoms with E-state index in [0.29, 0.717) is 6.54 Å². The van der Waals surface area contributed by atoms with Crippen molar-refractivity contribution < 1.29 is 4.39 Å². The summed E-state index contributed by atoms with van der Waals surface area (Å²) in [6.45, 7) is 4.82. The van der Waals surface area contributed by atoms with E-state index in [0.717, 1.165) is 28.6 Å². The molecule has 1 heterocycles. The molecule has 1 aromatic carbocycles. The Labute approximate surface area is 134 Å². The minimum Gasteiger partial charge on any atom is -0.264 e. The number of benzene rings is 1. The quantitative estimate of drug-likeness (QED) is 0.642. The van der Waals surface area contributed by atoms with Crippen molar-refractivity contribution in [3.8, 4) is 0 Å². The SMILES string of the molecule is CCc1nn(Cc2cc(F)ccc2Br)c(CC)c1I. The predicted molar refractivity (Wildman–Crippen MR) is 86.9 cm³/mol. The van der Waals surface area contributed by atoms with Gasteiger partial charge in [-0.15, -0.1) is 0 Å². The zero-order valence-corrected chi connectivity index (χ0v) is 14.6. The summed E-state index contributed by atoms with van der Waals surface area (Å²) in [5, 5.41) is 4.63. The van der Waals surface area contributed by atoms with E-state index < -0.39 is 0 Å². The van der Waals surface area contributed by atoms with Crippen LogP contribution < -0.4 is 0 Å². The Kier molecular flexibility index (Phi) is 5.00. The molecule has 19 heavy (non-hydrogen) atoms. The lowest BCUT2D eigenvalue weighted by molar-refractivity contribution is 0.610. The van der Waals surface area contributed by atoms with Crippen LogP contribution in [0.25, 0.3) is 0 Å². The highest BCUT2D eigenvalue weighted by Gasteiger charge is 2.14. The molecule has 0 unspecified atom stereocenters. The number of halogens is 3. The summed E-state index contributed by atoms with van der Waals surface area (Å²) >= 11 is 5.82. The molecule has 0 saturated carbocycles. The maximum absolute atomic E-state index is 13.3. The van der Waals surface area contributed by atoms with Crippen LogP contribution in [0.5, 0.6) is 0 Å². The topological polar surface area (TPSA) is 17.8 Å². The third-order valence-electron chi connectivity index (χ3n) is 3.06. The van der Waals surface area contributed by atoms with Crippen molar-refractivity contribution in [2.75, 3.05) is 0 Å². The monoisotopic (exact) mass is 436 g/mol. The smallest absolute Gasteiger partial charge is 0.123 e. The molecule has 0 N–H and O–H groups in total. The summed E-state index contributed by atoms with van der Waals surface area (Å²) in [6, 6.07) is 4.76. The minimum absolute atomic E-state index is 0.214. The fourth-order valence-corrected chi connectivity index (χ4v) is 3.57. The van der Waals surface area contributed by atoms with Crippen LogP contribution in [0.1, 0.15) is 30.8 Å². The second-order valence-electron chi connectivity index (χ2n) is 4.31. The van der Waals surface area contributed by atoms with E-state index in [1.165, 1.54) is 15.3 Å². The highest BCUT2D eigenvalue weighted by molar-refractivity contribution is 14.1. The lowest BCUT2D eigenvalue weighted by Gasteiger charge is -2.08. The molecule has 0 atom stereocenters. The maximum atomic E-state index is 13.3. The largest absolute Gasteiger partial charge is 0.264 e. The van der Waals surface area contributed by atoms with E-state index in [9.17, 15) is 4.39 Å². The maximum Gasteiger partial charge on any atom is 0.123 e. The molecule has 0 aliphatic heterocycles. The van der Waals surface area contributed by atoms with Crippen LogP contribution >= 0.6 is 38.5 Å². The molecule has 1 aromatic heterocycles. The number of hydrogen-bond donors (Lipinski definition) is 0. The van der Waals surface area contributed by atoms with Gasteiger partial charge in [0.05, 0.1) is 21.5 Å². The summed E-state index contributed by atoms with van der Waals surface area (Å²) in [5.74, 6) is -0.214. The zero-order valence-electron chi connectivity index (χ0n) is 10.9. The van der Waals surface area contributed by atoms with Gasteiger partial charge in [0.25, 0.3) is 0 Å². The van der Waals surface area contributed by atoms with Crippen molar-refractivity contribution in [1.29, 1.82) is 0 Å². The normalized spacial score (nSPS) is 11.0. The molecule has 0 bridgehead atoms. The molecule has 0 amide bonds. The molecule has 0 aliphatic carbocycles. The molecular formula is C14H15BrFIN2. The molecule has 0 saturated heterocycles. The molecule has 102 valence electrons. The van der Waals surface area contributed by atoms with Crippen molar-refractivity contribution in [3.05, 3.63) is 49.0 Å². The van der Waals surface area contributed by atoms with E-state index in [1.807, 2.05) is 4.68 Å². The van der Waals surface area contributed by atoms with Gasteiger partial charge in [0.15, 0.2) is 0 Å². The third-order valence-corrected chi connectivity index (χ3v) is 5.08. The van der Waals surface area contributed by atoms with Crippen LogP contribution in [-0.4, -0.2) is 9.78 Å². The predicted octanol–water partition coefficient (Wildman–Crippen LogP) is 4.56. The van der Waals surface area contributed by atoms with Crippen molar-refractivity contribution in [2.24, 2.45) is 0 Å². The summed E-state index contributed by atoms with van der Waals surface area (Å²) in [7, 11) is 0. The average Bonchev–Trinajstić information content (AvgIpc) is 2.69. The molecule has 0 spiro atoms. The molecule has 2 rings (SSSR count). The summed E-state index contributed by atoms with van der Waals surface area (Å²) in [6.07, 6.45) is 1.85. The Morgan fingerprint density at radius 1 is 1.32 bits per heavy atom. The first-order valence-corrected chi connectivity index (χ1v) is 8.12. The van der Waals surface area contributed by atoms with E-state index in [-0.39, 0.29) is 5.82 Å². The van der Waals surface area contributed by atoms with Crippen LogP contribution in [0.2, 0.25) is 0 Å². The number of nitrogens with zero attached hydrogens (tertiary/aromatic N) is 2. The van der Waals surface area contributed by atoms with Crippen molar-refractivity contribution in [2.45, 2.75) is 33.2 Å². The Bertz CT molecular complexity index is 595. The van der Waals surface area contributed by atoms with Crippen molar-refractivity contribution >= 4 is 38.5 Å². The van der Waals surface area contributed by atoms with E-state index in [4.69, 9.17) is 0 Å². The first-order valence-electron chi connectivity index (χ1n) is 6.24. The fourth-order valence-electron chi connectivity index (χ4n) is 2.05. The number of aryl methyl sites for hydroxylation is 1. The zero-order chi connectivity index (χ0) is 14.0. The van der Waals surface area contributed by atoms with Gasteiger partial charge in [-0.1, -0.05) is 29.8 Å². The lowest BCUT2D eigenvalue weighted by Crippen LogP contribution is -2.07. The van der Waals surface area contributed by atoms with Gasteiger partial charge < -0.3 is 0 Å². The van der Waals surface area contributed by atoms with Gasteiger partial charge in [-0.05, 0) is 59.2 Å². The standard InChI is InChI=1S/C14H15BrFIN2/c1-3-12-14(17)13(4-2)19(18-12)8-9-7-10(16)5-6-11(9)15/h5-7H,3-4,8H2,1-2H3. The van der Waals surface area contributed by atoms with Gasteiger partial charge in [-0.25, -0.2) is 4.39 Å². The molecule has 0 aliphatic rings. The Balaban J connectivity index is 2.40. The van der Waals surface area contributed by atoms with Gasteiger partial charge in [-0.3, -0.25) is 4.68 Å². The third kappa shape index (κ3) is 3.18. The van der Waals surface area contributed by atoms with Crippen molar-refractivity contribution in [3.63, 3.8) is 0 Å². The minimum atomic E-state index is -0.214. The molecular weight excluding hydrogens is 422 g/mol. The van der Waals surface area contributed by atoms with Gasteiger partial charge >= 0.3 is 0 Å². The molecule has 2 nitrogen and oxygen atoms in total. The summed E-state index contributed by atoms with van der Waals surface area (Å²) in [4.78, 5) is 0. The Morgan fingerprint density at radius 2 is 2.05 bits per heavy atom. The first kappa shape index (κ1) is 15.0. The van der Waals surface area contributed by atoms with Crippen LogP contribution in [-0.2, 0) is 19.4 Å². The van der Waals surface area contributed by atoms with Crippen LogP contribution in [0.3, 0.4) is 0 Å². The van der Waals surface area contributed by atoms with Crippen LogP contribution in [0.4, 0.5) is 4.39 Å². The van der Waals surface area contributed by atoms with E-state index >= 15 is 0 Å². The van der Waals surface area contributed by atoms with Crippen molar-refractivity contribution in [1.82, 2.24) is 9.78 Å². The first-order chi connectivity index (χ1) is 9.06. The number of hydrogen-bond acceptors (Lipinski definition) is 1. The highest BCUT2D eigenvalue weighted by Crippen LogP contribution is 2.23. The van der Waals surface area contributed by atoms with Gasteiger partial charge in [0.1, 0.15) is 5.82 Å². The van der Waals surface area contributed by atoms with Crippen LogP contribution in [0.15, 0.2) is 22.7 Å². The lowest BCUT2D eigenvalue weighted by atomic mass is 10.2. The summed E-state index contributed by atoms with van der Waals surface area (Å²) < 4.78 is 17.5. The molecule has 5 heteroatoms. The molecule has 0 radical (unpaired) electrons. The number of rotatable bonds is 4. The van der Waals surface area contributed by atoms with E-state index in [2.05, 4.69) is 57.5 Å². The van der Waals surface area contributed by atoms with Gasteiger partial charge in [0, 0.05) is 4.47 Å².